The van der Waals surface area contributed by atoms with Crippen molar-refractivity contribution >= 4 is 12.2 Å². The summed E-state index contributed by atoms with van der Waals surface area (Å²) in [6.07, 6.45) is 3.03. The summed E-state index contributed by atoms with van der Waals surface area (Å²) in [4.78, 5) is 14.9. The normalized spacial score (nSPS) is 13.5. The summed E-state index contributed by atoms with van der Waals surface area (Å²) in [5.74, 6) is 0. The first-order chi connectivity index (χ1) is 9.15. The molecule has 4 heteroatoms. The number of rotatable bonds is 2. The van der Waals surface area contributed by atoms with Crippen LogP contribution in [-0.2, 0) is 19.4 Å². The number of hydrogen-bond donors (Lipinski definition) is 1. The maximum absolute atomic E-state index is 12.1. The summed E-state index contributed by atoms with van der Waals surface area (Å²) in [6, 6.07) is 8.30. The molecule has 0 saturated carbocycles. The molecule has 0 amide bonds. The zero-order valence-corrected chi connectivity index (χ0v) is 11.7. The second-order valence-corrected chi connectivity index (χ2v) is 5.52. The number of hydrogen-bond acceptors (Lipinski definition) is 2. The lowest BCUT2D eigenvalue weighted by Crippen LogP contribution is -2.27. The zero-order chi connectivity index (χ0) is 13.4. The number of fused-ring (bicyclic) bond motifs is 1. The van der Waals surface area contributed by atoms with Gasteiger partial charge in [-0.05, 0) is 31.7 Å². The van der Waals surface area contributed by atoms with E-state index in [-0.39, 0.29) is 5.69 Å². The Labute approximate surface area is 116 Å². The monoisotopic (exact) mass is 272 g/mol. The van der Waals surface area contributed by atoms with Gasteiger partial charge >= 0.3 is 5.69 Å². The third kappa shape index (κ3) is 2.28. The number of H-pyrrole nitrogens is 1. The first kappa shape index (κ1) is 12.4. The largest absolute Gasteiger partial charge is 0.327 e. The van der Waals surface area contributed by atoms with Gasteiger partial charge in [0.15, 0.2) is 0 Å². The van der Waals surface area contributed by atoms with E-state index in [1.54, 1.807) is 0 Å². The molecule has 1 heterocycles. The molecular formula is C15H16N2OS. The van der Waals surface area contributed by atoms with E-state index in [9.17, 15) is 4.79 Å². The molecule has 0 fully saturated rings. The van der Waals surface area contributed by atoms with E-state index in [1.807, 2.05) is 4.57 Å². The first-order valence-corrected chi connectivity index (χ1v) is 6.96. The number of aromatic nitrogens is 2. The van der Waals surface area contributed by atoms with Gasteiger partial charge in [0, 0.05) is 11.3 Å². The SMILES string of the molecule is Cc1ccc(Cn2c3c(c(=S)[nH]c2=O)CCC3)cc1. The van der Waals surface area contributed by atoms with Gasteiger partial charge in [-0.25, -0.2) is 4.79 Å². The molecule has 2 aromatic rings. The van der Waals surface area contributed by atoms with Gasteiger partial charge in [0.25, 0.3) is 0 Å². The van der Waals surface area contributed by atoms with Gasteiger partial charge in [-0.3, -0.25) is 9.55 Å². The Morgan fingerprint density at radius 3 is 2.74 bits per heavy atom. The molecule has 0 radical (unpaired) electrons. The molecule has 1 N–H and O–H groups in total. The Morgan fingerprint density at radius 2 is 2.00 bits per heavy atom. The highest BCUT2D eigenvalue weighted by Gasteiger charge is 2.18. The summed E-state index contributed by atoms with van der Waals surface area (Å²) in [7, 11) is 0. The third-order valence-electron chi connectivity index (χ3n) is 3.72. The maximum atomic E-state index is 12.1. The molecular weight excluding hydrogens is 256 g/mol. The van der Waals surface area contributed by atoms with Crippen LogP contribution in [0.25, 0.3) is 0 Å². The lowest BCUT2D eigenvalue weighted by atomic mass is 10.1. The number of nitrogens with one attached hydrogen (secondary N) is 1. The fourth-order valence-corrected chi connectivity index (χ4v) is 2.98. The number of aryl methyl sites for hydroxylation is 1. The summed E-state index contributed by atoms with van der Waals surface area (Å²) in [6.45, 7) is 2.68. The Balaban J connectivity index is 2.06. The van der Waals surface area contributed by atoms with Crippen LogP contribution in [0.3, 0.4) is 0 Å². The molecule has 0 unspecified atom stereocenters. The molecule has 0 bridgehead atoms. The topological polar surface area (TPSA) is 37.8 Å². The molecule has 98 valence electrons. The van der Waals surface area contributed by atoms with Crippen LogP contribution in [0.2, 0.25) is 0 Å². The van der Waals surface area contributed by atoms with Crippen LogP contribution in [0, 0.1) is 11.6 Å². The summed E-state index contributed by atoms with van der Waals surface area (Å²) in [5, 5.41) is 0. The molecule has 0 atom stereocenters. The van der Waals surface area contributed by atoms with Crippen LogP contribution in [0.15, 0.2) is 29.1 Å². The van der Waals surface area contributed by atoms with Crippen LogP contribution in [-0.4, -0.2) is 9.55 Å². The van der Waals surface area contributed by atoms with Crippen molar-refractivity contribution in [2.24, 2.45) is 0 Å². The van der Waals surface area contributed by atoms with Gasteiger partial charge in [-0.15, -0.1) is 0 Å². The molecule has 1 aliphatic rings. The van der Waals surface area contributed by atoms with Crippen LogP contribution in [0.4, 0.5) is 0 Å². The van der Waals surface area contributed by atoms with Gasteiger partial charge < -0.3 is 0 Å². The third-order valence-corrected chi connectivity index (χ3v) is 4.06. The Morgan fingerprint density at radius 1 is 1.26 bits per heavy atom. The highest BCUT2D eigenvalue weighted by Crippen LogP contribution is 2.21. The maximum Gasteiger partial charge on any atom is 0.327 e. The first-order valence-electron chi connectivity index (χ1n) is 6.55. The van der Waals surface area contributed by atoms with Gasteiger partial charge in [0.1, 0.15) is 4.64 Å². The van der Waals surface area contributed by atoms with Crippen molar-refractivity contribution in [1.29, 1.82) is 0 Å². The predicted octanol–water partition coefficient (Wildman–Crippen LogP) is 2.75. The van der Waals surface area contributed by atoms with Crippen molar-refractivity contribution in [2.45, 2.75) is 32.7 Å². The minimum atomic E-state index is -0.0915. The van der Waals surface area contributed by atoms with E-state index in [1.165, 1.54) is 5.56 Å². The standard InChI is InChI=1S/C15H16N2OS/c1-10-5-7-11(8-6-10)9-17-13-4-2-3-12(13)14(19)16-15(17)18/h5-8H,2-4,9H2,1H3,(H,16,18,19). The zero-order valence-electron chi connectivity index (χ0n) is 10.9. The fraction of sp³-hybridized carbons (Fsp3) is 0.333. The van der Waals surface area contributed by atoms with Crippen LogP contribution >= 0.6 is 12.2 Å². The summed E-state index contributed by atoms with van der Waals surface area (Å²) in [5.41, 5.74) is 4.56. The second kappa shape index (κ2) is 4.78. The Hall–Kier alpha value is -1.68. The fourth-order valence-electron chi connectivity index (χ4n) is 2.68. The Kier molecular flexibility index (Phi) is 3.11. The molecule has 1 aliphatic carbocycles. The van der Waals surface area contributed by atoms with E-state index >= 15 is 0 Å². The highest BCUT2D eigenvalue weighted by molar-refractivity contribution is 7.71. The van der Waals surface area contributed by atoms with Crippen molar-refractivity contribution in [3.05, 3.63) is 61.8 Å². The van der Waals surface area contributed by atoms with Gasteiger partial charge in [0.05, 0.1) is 6.54 Å². The van der Waals surface area contributed by atoms with E-state index in [4.69, 9.17) is 12.2 Å². The lowest BCUT2D eigenvalue weighted by Gasteiger charge is -2.12. The highest BCUT2D eigenvalue weighted by atomic mass is 32.1. The molecule has 3 nitrogen and oxygen atoms in total. The van der Waals surface area contributed by atoms with Gasteiger partial charge in [-0.1, -0.05) is 42.0 Å². The lowest BCUT2D eigenvalue weighted by molar-refractivity contribution is 0.680. The summed E-state index contributed by atoms with van der Waals surface area (Å²) < 4.78 is 2.46. The van der Waals surface area contributed by atoms with E-state index < -0.39 is 0 Å². The Bertz CT molecular complexity index is 725. The predicted molar refractivity (Wildman–Crippen MR) is 78.2 cm³/mol. The van der Waals surface area contributed by atoms with Gasteiger partial charge in [-0.2, -0.15) is 0 Å². The molecule has 0 aliphatic heterocycles. The number of nitrogens with zero attached hydrogens (tertiary/aromatic N) is 1. The second-order valence-electron chi connectivity index (χ2n) is 5.11. The minimum Gasteiger partial charge on any atom is -0.298 e. The molecule has 0 saturated heterocycles. The van der Waals surface area contributed by atoms with E-state index in [2.05, 4.69) is 36.2 Å². The van der Waals surface area contributed by atoms with Crippen molar-refractivity contribution < 1.29 is 0 Å². The minimum absolute atomic E-state index is 0.0915. The average molecular weight is 272 g/mol. The molecule has 1 aromatic heterocycles. The number of aromatic amines is 1. The van der Waals surface area contributed by atoms with Crippen molar-refractivity contribution in [3.63, 3.8) is 0 Å². The van der Waals surface area contributed by atoms with Crippen molar-refractivity contribution in [2.75, 3.05) is 0 Å². The summed E-state index contributed by atoms with van der Waals surface area (Å²) >= 11 is 5.24. The quantitative estimate of drug-likeness (QED) is 0.854. The van der Waals surface area contributed by atoms with Crippen LogP contribution in [0.5, 0.6) is 0 Å². The van der Waals surface area contributed by atoms with Crippen molar-refractivity contribution in [3.8, 4) is 0 Å². The van der Waals surface area contributed by atoms with Crippen LogP contribution in [0.1, 0.15) is 28.8 Å². The van der Waals surface area contributed by atoms with Crippen LogP contribution < -0.4 is 5.69 Å². The average Bonchev–Trinajstić information content (AvgIpc) is 2.86. The van der Waals surface area contributed by atoms with E-state index in [0.29, 0.717) is 11.2 Å². The smallest absolute Gasteiger partial charge is 0.298 e. The van der Waals surface area contributed by atoms with Crippen molar-refractivity contribution in [1.82, 2.24) is 9.55 Å². The molecule has 3 rings (SSSR count). The van der Waals surface area contributed by atoms with Gasteiger partial charge in [0.2, 0.25) is 0 Å². The molecule has 1 aromatic carbocycles. The molecule has 19 heavy (non-hydrogen) atoms. The number of benzene rings is 1. The molecule has 0 spiro atoms. The van der Waals surface area contributed by atoms with E-state index in [0.717, 1.165) is 36.1 Å².